The Hall–Kier alpha value is -1.09. The second kappa shape index (κ2) is 5.70. The molecular formula is C15H21FO2. The van der Waals surface area contributed by atoms with E-state index in [1.165, 1.54) is 18.6 Å². The van der Waals surface area contributed by atoms with Crippen molar-refractivity contribution in [2.24, 2.45) is 5.92 Å². The Bertz CT molecular complexity index is 403. The normalized spacial score (nSPS) is 25.8. The molecule has 1 aromatic rings. The van der Waals surface area contributed by atoms with Crippen molar-refractivity contribution in [1.82, 2.24) is 0 Å². The lowest BCUT2D eigenvalue weighted by Crippen LogP contribution is -2.24. The summed E-state index contributed by atoms with van der Waals surface area (Å²) in [7, 11) is 0. The van der Waals surface area contributed by atoms with Crippen LogP contribution in [0.2, 0.25) is 0 Å². The topological polar surface area (TPSA) is 29.5 Å². The van der Waals surface area contributed by atoms with Crippen LogP contribution in [0.4, 0.5) is 4.39 Å². The fourth-order valence-electron chi connectivity index (χ4n) is 2.62. The summed E-state index contributed by atoms with van der Waals surface area (Å²) in [5.74, 6) is 0.828. The van der Waals surface area contributed by atoms with Crippen molar-refractivity contribution in [3.05, 3.63) is 29.6 Å². The lowest BCUT2D eigenvalue weighted by molar-refractivity contribution is 0.121. The average Bonchev–Trinajstić information content (AvgIpc) is 2.28. The van der Waals surface area contributed by atoms with Crippen molar-refractivity contribution < 1.29 is 14.2 Å². The number of ether oxygens (including phenoxy) is 1. The first-order valence-electron chi connectivity index (χ1n) is 6.70. The molecule has 0 heterocycles. The Labute approximate surface area is 108 Å². The van der Waals surface area contributed by atoms with Crippen molar-refractivity contribution in [2.75, 3.05) is 0 Å². The molecule has 0 aliphatic heterocycles. The van der Waals surface area contributed by atoms with Gasteiger partial charge in [0, 0.05) is 11.6 Å². The summed E-state index contributed by atoms with van der Waals surface area (Å²) in [4.78, 5) is 0. The molecule has 0 saturated heterocycles. The zero-order valence-corrected chi connectivity index (χ0v) is 11.0. The monoisotopic (exact) mass is 252 g/mol. The summed E-state index contributed by atoms with van der Waals surface area (Å²) in [6.45, 7) is 3.89. The second-order valence-corrected chi connectivity index (χ2v) is 5.37. The molecular weight excluding hydrogens is 231 g/mol. The van der Waals surface area contributed by atoms with Gasteiger partial charge in [0.2, 0.25) is 0 Å². The third kappa shape index (κ3) is 3.22. The highest BCUT2D eigenvalue weighted by Gasteiger charge is 2.22. The molecule has 1 fully saturated rings. The molecule has 2 rings (SSSR count). The molecule has 18 heavy (non-hydrogen) atoms. The fraction of sp³-hybridized carbons (Fsp3) is 0.600. The van der Waals surface area contributed by atoms with E-state index in [9.17, 15) is 9.50 Å². The van der Waals surface area contributed by atoms with Crippen LogP contribution < -0.4 is 4.74 Å². The van der Waals surface area contributed by atoms with Gasteiger partial charge in [0.15, 0.2) is 0 Å². The molecule has 1 N–H and O–H groups in total. The van der Waals surface area contributed by atoms with E-state index in [0.29, 0.717) is 17.2 Å². The van der Waals surface area contributed by atoms with Crippen LogP contribution in [0.15, 0.2) is 18.2 Å². The summed E-state index contributed by atoms with van der Waals surface area (Å²) in [5, 5.41) is 9.67. The van der Waals surface area contributed by atoms with Gasteiger partial charge < -0.3 is 9.84 Å². The molecule has 1 aliphatic rings. The summed E-state index contributed by atoms with van der Waals surface area (Å²) >= 11 is 0. The average molecular weight is 252 g/mol. The zero-order valence-electron chi connectivity index (χ0n) is 11.0. The van der Waals surface area contributed by atoms with Crippen LogP contribution in [-0.2, 0) is 0 Å². The van der Waals surface area contributed by atoms with Gasteiger partial charge in [-0.2, -0.15) is 0 Å². The van der Waals surface area contributed by atoms with E-state index < -0.39 is 6.10 Å². The lowest BCUT2D eigenvalue weighted by Gasteiger charge is -2.28. The standard InChI is InChI=1S/C15H21FO2/c1-10-4-3-5-13(8-10)18-15-9-12(16)6-7-14(15)11(2)17/h6-7,9-11,13,17H,3-5,8H2,1-2H3/t10?,11-,13?/m0/s1. The number of aliphatic hydroxyl groups excluding tert-OH is 1. The van der Waals surface area contributed by atoms with Crippen molar-refractivity contribution in [3.8, 4) is 5.75 Å². The third-order valence-electron chi connectivity index (χ3n) is 3.61. The molecule has 0 amide bonds. The van der Waals surface area contributed by atoms with Crippen LogP contribution >= 0.6 is 0 Å². The minimum Gasteiger partial charge on any atom is -0.490 e. The summed E-state index contributed by atoms with van der Waals surface area (Å²) < 4.78 is 19.2. The Kier molecular flexibility index (Phi) is 4.23. The minimum atomic E-state index is -0.637. The zero-order chi connectivity index (χ0) is 13.1. The second-order valence-electron chi connectivity index (χ2n) is 5.37. The number of rotatable bonds is 3. The molecule has 3 heteroatoms. The predicted octanol–water partition coefficient (Wildman–Crippen LogP) is 3.84. The summed E-state index contributed by atoms with van der Waals surface area (Å²) in [5.41, 5.74) is 0.662. The minimum absolute atomic E-state index is 0.146. The maximum absolute atomic E-state index is 13.3. The van der Waals surface area contributed by atoms with Crippen LogP contribution in [0, 0.1) is 11.7 Å². The number of benzene rings is 1. The van der Waals surface area contributed by atoms with Crippen LogP contribution in [0.1, 0.15) is 51.2 Å². The van der Waals surface area contributed by atoms with Crippen molar-refractivity contribution in [1.29, 1.82) is 0 Å². The number of aliphatic hydroxyl groups is 1. The van der Waals surface area contributed by atoms with Crippen molar-refractivity contribution in [3.63, 3.8) is 0 Å². The number of hydrogen-bond acceptors (Lipinski definition) is 2. The van der Waals surface area contributed by atoms with Crippen LogP contribution in [0.25, 0.3) is 0 Å². The third-order valence-corrected chi connectivity index (χ3v) is 3.61. The molecule has 1 saturated carbocycles. The van der Waals surface area contributed by atoms with Crippen LogP contribution in [0.5, 0.6) is 5.75 Å². The Morgan fingerprint density at radius 3 is 2.83 bits per heavy atom. The van der Waals surface area contributed by atoms with Gasteiger partial charge >= 0.3 is 0 Å². The van der Waals surface area contributed by atoms with Crippen LogP contribution in [-0.4, -0.2) is 11.2 Å². The highest BCUT2D eigenvalue weighted by Crippen LogP contribution is 2.31. The van der Waals surface area contributed by atoms with E-state index in [2.05, 4.69) is 6.92 Å². The van der Waals surface area contributed by atoms with Crippen molar-refractivity contribution in [2.45, 2.75) is 51.7 Å². The predicted molar refractivity (Wildman–Crippen MR) is 69.1 cm³/mol. The van der Waals surface area contributed by atoms with E-state index >= 15 is 0 Å². The van der Waals surface area contributed by atoms with Gasteiger partial charge in [-0.25, -0.2) is 4.39 Å². The first-order valence-corrected chi connectivity index (χ1v) is 6.70. The Morgan fingerprint density at radius 2 is 2.17 bits per heavy atom. The molecule has 0 radical (unpaired) electrons. The van der Waals surface area contributed by atoms with E-state index in [-0.39, 0.29) is 11.9 Å². The maximum atomic E-state index is 13.3. The summed E-state index contributed by atoms with van der Waals surface area (Å²) in [6, 6.07) is 4.33. The van der Waals surface area contributed by atoms with Crippen LogP contribution in [0.3, 0.4) is 0 Å². The Morgan fingerprint density at radius 1 is 1.39 bits per heavy atom. The largest absolute Gasteiger partial charge is 0.490 e. The van der Waals surface area contributed by atoms with E-state index in [1.54, 1.807) is 13.0 Å². The van der Waals surface area contributed by atoms with Gasteiger partial charge in [0.05, 0.1) is 12.2 Å². The van der Waals surface area contributed by atoms with Gasteiger partial charge in [-0.15, -0.1) is 0 Å². The molecule has 2 unspecified atom stereocenters. The van der Waals surface area contributed by atoms with Gasteiger partial charge in [-0.1, -0.05) is 13.3 Å². The van der Waals surface area contributed by atoms with Gasteiger partial charge in [-0.3, -0.25) is 0 Å². The molecule has 0 aromatic heterocycles. The van der Waals surface area contributed by atoms with Gasteiger partial charge in [0.25, 0.3) is 0 Å². The molecule has 0 spiro atoms. The molecule has 2 nitrogen and oxygen atoms in total. The highest BCUT2D eigenvalue weighted by molar-refractivity contribution is 5.35. The van der Waals surface area contributed by atoms with E-state index in [0.717, 1.165) is 19.3 Å². The highest BCUT2D eigenvalue weighted by atomic mass is 19.1. The van der Waals surface area contributed by atoms with E-state index in [4.69, 9.17) is 4.74 Å². The first-order chi connectivity index (χ1) is 8.56. The number of hydrogen-bond donors (Lipinski definition) is 1. The molecule has 100 valence electrons. The Balaban J connectivity index is 2.14. The molecule has 3 atom stereocenters. The quantitative estimate of drug-likeness (QED) is 0.885. The first kappa shape index (κ1) is 13.3. The molecule has 0 bridgehead atoms. The summed E-state index contributed by atoms with van der Waals surface area (Å²) in [6.07, 6.45) is 3.93. The van der Waals surface area contributed by atoms with E-state index in [1.807, 2.05) is 0 Å². The SMILES string of the molecule is CC1CCCC(Oc2cc(F)ccc2[C@H](C)O)C1. The number of halogens is 1. The molecule has 1 aromatic carbocycles. The van der Waals surface area contributed by atoms with Gasteiger partial charge in [0.1, 0.15) is 11.6 Å². The maximum Gasteiger partial charge on any atom is 0.128 e. The fourth-order valence-corrected chi connectivity index (χ4v) is 2.62. The van der Waals surface area contributed by atoms with Crippen molar-refractivity contribution >= 4 is 0 Å². The smallest absolute Gasteiger partial charge is 0.128 e. The van der Waals surface area contributed by atoms with Gasteiger partial charge in [-0.05, 0) is 44.2 Å². The molecule has 1 aliphatic carbocycles. The lowest BCUT2D eigenvalue weighted by atomic mass is 9.88.